The summed E-state index contributed by atoms with van der Waals surface area (Å²) >= 11 is 2.29. The maximum atomic E-state index is 12.4. The van der Waals surface area contributed by atoms with Crippen LogP contribution in [0.4, 0.5) is 11.4 Å². The molecule has 0 atom stereocenters. The number of hydrogen-bond donors (Lipinski definition) is 2. The van der Waals surface area contributed by atoms with Gasteiger partial charge in [0.15, 0.2) is 0 Å². The quantitative estimate of drug-likeness (QED) is 0.600. The van der Waals surface area contributed by atoms with Gasteiger partial charge in [-0.3, -0.25) is 4.79 Å². The number of nitrogen functional groups attached to an aromatic ring is 1. The Morgan fingerprint density at radius 2 is 1.76 bits per heavy atom. The Bertz CT molecular complexity index is 680. The molecule has 108 valence electrons. The first-order valence-electron chi connectivity index (χ1n) is 7.12. The highest BCUT2D eigenvalue weighted by molar-refractivity contribution is 14.1. The third-order valence-electron chi connectivity index (χ3n) is 3.89. The molecule has 21 heavy (non-hydrogen) atoms. The molecule has 2 aromatic rings. The first kappa shape index (κ1) is 14.4. The zero-order valence-corrected chi connectivity index (χ0v) is 13.8. The Morgan fingerprint density at radius 3 is 2.52 bits per heavy atom. The summed E-state index contributed by atoms with van der Waals surface area (Å²) < 4.78 is 1.09. The minimum atomic E-state index is -0.0770. The molecule has 0 heterocycles. The van der Waals surface area contributed by atoms with Crippen LogP contribution in [0.3, 0.4) is 0 Å². The first-order chi connectivity index (χ1) is 10.1. The van der Waals surface area contributed by atoms with E-state index in [4.69, 9.17) is 5.73 Å². The highest BCUT2D eigenvalue weighted by atomic mass is 127. The van der Waals surface area contributed by atoms with Gasteiger partial charge in [0.05, 0.1) is 5.69 Å². The van der Waals surface area contributed by atoms with Crippen molar-refractivity contribution in [3.05, 3.63) is 56.7 Å². The lowest BCUT2D eigenvalue weighted by Gasteiger charge is -2.21. The largest absolute Gasteiger partial charge is 0.399 e. The summed E-state index contributed by atoms with van der Waals surface area (Å²) in [7, 11) is 0. The second-order valence-electron chi connectivity index (χ2n) is 5.34. The molecule has 3 rings (SSSR count). The normalized spacial score (nSPS) is 13.6. The van der Waals surface area contributed by atoms with Crippen molar-refractivity contribution >= 4 is 39.9 Å². The number of carbonyl (C=O) groups is 1. The van der Waals surface area contributed by atoms with Crippen molar-refractivity contribution in [1.29, 1.82) is 0 Å². The number of aryl methyl sites for hydroxylation is 1. The van der Waals surface area contributed by atoms with E-state index in [0.29, 0.717) is 11.3 Å². The van der Waals surface area contributed by atoms with Crippen molar-refractivity contribution in [1.82, 2.24) is 0 Å². The Hall–Kier alpha value is -1.56. The van der Waals surface area contributed by atoms with Crippen molar-refractivity contribution in [3.8, 4) is 0 Å². The molecule has 0 saturated heterocycles. The predicted molar refractivity (Wildman–Crippen MR) is 94.6 cm³/mol. The van der Waals surface area contributed by atoms with Gasteiger partial charge in [0.1, 0.15) is 0 Å². The van der Waals surface area contributed by atoms with E-state index in [1.54, 1.807) is 24.3 Å². The summed E-state index contributed by atoms with van der Waals surface area (Å²) in [6.45, 7) is 0. The summed E-state index contributed by atoms with van der Waals surface area (Å²) in [5.74, 6) is -0.0770. The van der Waals surface area contributed by atoms with Crippen LogP contribution in [0, 0.1) is 3.57 Å². The highest BCUT2D eigenvalue weighted by Gasteiger charge is 2.17. The summed E-state index contributed by atoms with van der Waals surface area (Å²) in [4.78, 5) is 12.4. The molecular weight excluding hydrogens is 375 g/mol. The Morgan fingerprint density at radius 1 is 1.05 bits per heavy atom. The molecular formula is C17H17IN2O. The van der Waals surface area contributed by atoms with E-state index in [2.05, 4.69) is 40.0 Å². The summed E-state index contributed by atoms with van der Waals surface area (Å²) in [6.07, 6.45) is 4.58. The van der Waals surface area contributed by atoms with Gasteiger partial charge in [-0.1, -0.05) is 6.07 Å². The highest BCUT2D eigenvalue weighted by Crippen LogP contribution is 2.32. The topological polar surface area (TPSA) is 55.1 Å². The van der Waals surface area contributed by atoms with Crippen LogP contribution in [0.1, 0.15) is 34.3 Å². The summed E-state index contributed by atoms with van der Waals surface area (Å²) in [6, 6.07) is 11.3. The molecule has 0 saturated carbocycles. The van der Waals surface area contributed by atoms with Gasteiger partial charge in [-0.25, -0.2) is 0 Å². The van der Waals surface area contributed by atoms with Gasteiger partial charge < -0.3 is 11.1 Å². The molecule has 1 aliphatic rings. The van der Waals surface area contributed by atoms with Crippen LogP contribution in [0.2, 0.25) is 0 Å². The van der Waals surface area contributed by atoms with Crippen molar-refractivity contribution in [3.63, 3.8) is 0 Å². The monoisotopic (exact) mass is 392 g/mol. The molecule has 0 radical (unpaired) electrons. The number of anilines is 2. The number of nitrogens with one attached hydrogen (secondary N) is 1. The molecule has 0 fully saturated rings. The molecule has 0 spiro atoms. The number of halogens is 1. The van der Waals surface area contributed by atoms with E-state index in [-0.39, 0.29) is 5.91 Å². The number of carbonyl (C=O) groups excluding carboxylic acids is 1. The molecule has 0 aromatic heterocycles. The molecule has 2 aromatic carbocycles. The molecule has 0 unspecified atom stereocenters. The van der Waals surface area contributed by atoms with Crippen LogP contribution < -0.4 is 11.1 Å². The van der Waals surface area contributed by atoms with Crippen molar-refractivity contribution in [2.45, 2.75) is 25.7 Å². The third-order valence-corrected chi connectivity index (χ3v) is 4.79. The molecule has 1 amide bonds. The van der Waals surface area contributed by atoms with E-state index in [9.17, 15) is 4.79 Å². The maximum Gasteiger partial charge on any atom is 0.255 e. The number of amides is 1. The van der Waals surface area contributed by atoms with Crippen LogP contribution in [-0.2, 0) is 12.8 Å². The van der Waals surface area contributed by atoms with Gasteiger partial charge >= 0.3 is 0 Å². The smallest absolute Gasteiger partial charge is 0.255 e. The second kappa shape index (κ2) is 6.05. The molecule has 3 N–H and O–H groups in total. The Kier molecular flexibility index (Phi) is 4.14. The van der Waals surface area contributed by atoms with Gasteiger partial charge in [-0.05, 0) is 89.7 Å². The van der Waals surface area contributed by atoms with Crippen molar-refractivity contribution in [2.75, 3.05) is 11.1 Å². The first-order valence-corrected chi connectivity index (χ1v) is 8.20. The fraction of sp³-hybridized carbons (Fsp3) is 0.235. The summed E-state index contributed by atoms with van der Waals surface area (Å²) in [5, 5.41) is 3.09. The molecule has 0 bridgehead atoms. The van der Waals surface area contributed by atoms with E-state index < -0.39 is 0 Å². The standard InChI is InChI=1S/C17H17IN2O/c18-15-10-7-11-3-1-2-4-14(11)16(15)20-17(21)12-5-8-13(19)9-6-12/h5-10H,1-4,19H2,(H,20,21). The molecule has 3 nitrogen and oxygen atoms in total. The average Bonchev–Trinajstić information content (AvgIpc) is 2.51. The van der Waals surface area contributed by atoms with Crippen molar-refractivity contribution < 1.29 is 4.79 Å². The zero-order valence-electron chi connectivity index (χ0n) is 11.7. The summed E-state index contributed by atoms with van der Waals surface area (Å²) in [5.41, 5.74) is 10.6. The SMILES string of the molecule is Nc1ccc(C(=O)Nc2c(I)ccc3c2CCCC3)cc1. The van der Waals surface area contributed by atoms with Crippen molar-refractivity contribution in [2.24, 2.45) is 0 Å². The number of fused-ring (bicyclic) bond motifs is 1. The van der Waals surface area contributed by atoms with Gasteiger partial charge in [-0.2, -0.15) is 0 Å². The van der Waals surface area contributed by atoms with Gasteiger partial charge in [-0.15, -0.1) is 0 Å². The van der Waals surface area contributed by atoms with Gasteiger partial charge in [0.2, 0.25) is 0 Å². The van der Waals surface area contributed by atoms with E-state index in [1.807, 2.05) is 0 Å². The van der Waals surface area contributed by atoms with Crippen LogP contribution in [0.25, 0.3) is 0 Å². The van der Waals surface area contributed by atoms with Crippen LogP contribution in [0.5, 0.6) is 0 Å². The van der Waals surface area contributed by atoms with Gasteiger partial charge in [0.25, 0.3) is 5.91 Å². The fourth-order valence-corrected chi connectivity index (χ4v) is 3.39. The van der Waals surface area contributed by atoms with Crippen LogP contribution in [-0.4, -0.2) is 5.91 Å². The number of benzene rings is 2. The van der Waals surface area contributed by atoms with E-state index in [1.165, 1.54) is 24.0 Å². The lowest BCUT2D eigenvalue weighted by Crippen LogP contribution is -2.16. The number of rotatable bonds is 2. The lowest BCUT2D eigenvalue weighted by atomic mass is 9.90. The molecule has 4 heteroatoms. The Labute approximate surface area is 138 Å². The minimum Gasteiger partial charge on any atom is -0.399 e. The predicted octanol–water partition coefficient (Wildman–Crippen LogP) is 4.00. The van der Waals surface area contributed by atoms with Crippen LogP contribution in [0.15, 0.2) is 36.4 Å². The van der Waals surface area contributed by atoms with E-state index >= 15 is 0 Å². The van der Waals surface area contributed by atoms with E-state index in [0.717, 1.165) is 22.1 Å². The molecule has 1 aliphatic carbocycles. The minimum absolute atomic E-state index is 0.0770. The maximum absolute atomic E-state index is 12.4. The van der Waals surface area contributed by atoms with Crippen LogP contribution >= 0.6 is 22.6 Å². The number of hydrogen-bond acceptors (Lipinski definition) is 2. The third kappa shape index (κ3) is 3.05. The second-order valence-corrected chi connectivity index (χ2v) is 6.51. The molecule has 0 aliphatic heterocycles. The Balaban J connectivity index is 1.91. The number of nitrogens with two attached hydrogens (primary N) is 1. The average molecular weight is 392 g/mol. The zero-order chi connectivity index (χ0) is 14.8. The van der Waals surface area contributed by atoms with Gasteiger partial charge in [0, 0.05) is 14.8 Å². The fourth-order valence-electron chi connectivity index (χ4n) is 2.75. The lowest BCUT2D eigenvalue weighted by molar-refractivity contribution is 0.102.